The number of rotatable bonds is 3. The van der Waals surface area contributed by atoms with E-state index in [4.69, 9.17) is 0 Å². The van der Waals surface area contributed by atoms with Crippen molar-refractivity contribution in [1.29, 1.82) is 0 Å². The van der Waals surface area contributed by atoms with Crippen molar-refractivity contribution in [3.05, 3.63) is 78.4 Å². The highest BCUT2D eigenvalue weighted by atomic mass is 32.2. The molecule has 0 amide bonds. The van der Waals surface area contributed by atoms with Gasteiger partial charge in [-0.2, -0.15) is 21.6 Å². The van der Waals surface area contributed by atoms with Crippen LogP contribution in [0.25, 0.3) is 32.7 Å². The normalized spacial score (nSPS) is 12.4. The van der Waals surface area contributed by atoms with Gasteiger partial charge >= 0.3 is 15.6 Å². The number of alkyl halides is 3. The summed E-state index contributed by atoms with van der Waals surface area (Å²) in [5, 5.41) is 3.57. The molecule has 7 heteroatoms. The van der Waals surface area contributed by atoms with Crippen LogP contribution in [0.1, 0.15) is 5.56 Å². The highest BCUT2D eigenvalue weighted by Gasteiger charge is 2.48. The maximum Gasteiger partial charge on any atom is 0.534 e. The highest BCUT2D eigenvalue weighted by molar-refractivity contribution is 7.88. The summed E-state index contributed by atoms with van der Waals surface area (Å²) in [6.45, 7) is 2.04. The van der Waals surface area contributed by atoms with Gasteiger partial charge in [-0.25, -0.2) is 0 Å². The van der Waals surface area contributed by atoms with Crippen LogP contribution in [0, 0.1) is 6.92 Å². The van der Waals surface area contributed by atoms with E-state index in [1.807, 2.05) is 37.3 Å². The molecule has 4 rings (SSSR count). The second-order valence-corrected chi connectivity index (χ2v) is 8.31. The number of hydrogen-bond acceptors (Lipinski definition) is 3. The molecule has 0 heterocycles. The predicted molar refractivity (Wildman–Crippen MR) is 107 cm³/mol. The number of benzene rings is 4. The van der Waals surface area contributed by atoms with Crippen LogP contribution < -0.4 is 4.18 Å². The van der Waals surface area contributed by atoms with E-state index in [2.05, 4.69) is 22.4 Å². The number of aryl methyl sites for hydroxylation is 1. The van der Waals surface area contributed by atoms with E-state index in [1.54, 1.807) is 6.07 Å². The largest absolute Gasteiger partial charge is 0.534 e. The molecule has 0 aliphatic carbocycles. The fraction of sp³-hybridized carbons (Fsp3) is 0.0909. The summed E-state index contributed by atoms with van der Waals surface area (Å²) >= 11 is 0. The van der Waals surface area contributed by atoms with Crippen molar-refractivity contribution in [2.75, 3.05) is 0 Å². The van der Waals surface area contributed by atoms with Gasteiger partial charge in [-0.3, -0.25) is 0 Å². The quantitative estimate of drug-likeness (QED) is 0.295. The molecule has 0 saturated carbocycles. The first-order chi connectivity index (χ1) is 13.6. The van der Waals surface area contributed by atoms with Gasteiger partial charge in [0.25, 0.3) is 0 Å². The lowest BCUT2D eigenvalue weighted by atomic mass is 9.98. The van der Waals surface area contributed by atoms with E-state index in [0.717, 1.165) is 27.3 Å². The molecule has 4 aromatic carbocycles. The first-order valence-corrected chi connectivity index (χ1v) is 10.1. The Labute approximate surface area is 165 Å². The zero-order chi connectivity index (χ0) is 20.8. The van der Waals surface area contributed by atoms with E-state index in [0.29, 0.717) is 5.39 Å². The smallest absolute Gasteiger partial charge is 0.376 e. The molecule has 0 atom stereocenters. The molecule has 0 fully saturated rings. The Balaban J connectivity index is 1.69. The molecule has 0 aromatic heterocycles. The van der Waals surface area contributed by atoms with Gasteiger partial charge in [-0.1, -0.05) is 54.1 Å². The third-order valence-electron chi connectivity index (χ3n) is 4.63. The minimum Gasteiger partial charge on any atom is -0.376 e. The van der Waals surface area contributed by atoms with Crippen LogP contribution in [0.3, 0.4) is 0 Å². The monoisotopic (exact) mass is 416 g/mol. The lowest BCUT2D eigenvalue weighted by Crippen LogP contribution is -2.28. The highest BCUT2D eigenvalue weighted by Crippen LogP contribution is 2.31. The van der Waals surface area contributed by atoms with Gasteiger partial charge in [0.05, 0.1) is 0 Å². The summed E-state index contributed by atoms with van der Waals surface area (Å²) in [6.07, 6.45) is 0. The summed E-state index contributed by atoms with van der Waals surface area (Å²) < 4.78 is 64.0. The Morgan fingerprint density at radius 3 is 1.76 bits per heavy atom. The maximum absolute atomic E-state index is 12.5. The lowest BCUT2D eigenvalue weighted by molar-refractivity contribution is -0.0500. The molecule has 0 bridgehead atoms. The molecule has 0 aliphatic rings. The first kappa shape index (κ1) is 19.3. The fourth-order valence-electron chi connectivity index (χ4n) is 3.17. The Morgan fingerprint density at radius 1 is 0.690 bits per heavy atom. The zero-order valence-corrected chi connectivity index (χ0v) is 16.0. The second kappa shape index (κ2) is 6.77. The molecule has 0 unspecified atom stereocenters. The molecule has 0 N–H and O–H groups in total. The summed E-state index contributed by atoms with van der Waals surface area (Å²) in [5.74, 6) is -0.386. The predicted octanol–water partition coefficient (Wildman–Crippen LogP) is 6.20. The molecule has 0 radical (unpaired) electrons. The van der Waals surface area contributed by atoms with Gasteiger partial charge in [0.1, 0.15) is 5.75 Å². The third kappa shape index (κ3) is 3.78. The van der Waals surface area contributed by atoms with Crippen molar-refractivity contribution in [3.8, 4) is 16.9 Å². The van der Waals surface area contributed by atoms with Crippen LogP contribution in [-0.2, 0) is 10.1 Å². The van der Waals surface area contributed by atoms with Crippen molar-refractivity contribution in [1.82, 2.24) is 0 Å². The van der Waals surface area contributed by atoms with Crippen LogP contribution in [0.5, 0.6) is 5.75 Å². The molecule has 148 valence electrons. The van der Waals surface area contributed by atoms with E-state index in [1.165, 1.54) is 23.8 Å². The standard InChI is InChI=1S/C22H15F3O3S/c1-14-2-3-16-11-17(5-4-15(16)10-14)18-6-7-20-13-21(9-8-19(20)12-18)28-29(26,27)22(23,24)25/h2-13H,1H3. The second-order valence-electron chi connectivity index (χ2n) is 6.77. The molecule has 0 spiro atoms. The average Bonchev–Trinajstić information content (AvgIpc) is 2.66. The number of fused-ring (bicyclic) bond motifs is 2. The van der Waals surface area contributed by atoms with Gasteiger partial charge in [0.15, 0.2) is 0 Å². The van der Waals surface area contributed by atoms with Gasteiger partial charge in [0.2, 0.25) is 0 Å². The Bertz CT molecular complexity index is 1340. The van der Waals surface area contributed by atoms with Gasteiger partial charge in [0, 0.05) is 0 Å². The zero-order valence-electron chi connectivity index (χ0n) is 15.2. The maximum atomic E-state index is 12.5. The topological polar surface area (TPSA) is 43.4 Å². The minimum atomic E-state index is -5.69. The lowest BCUT2D eigenvalue weighted by Gasteiger charge is -2.11. The van der Waals surface area contributed by atoms with E-state index in [-0.39, 0.29) is 5.75 Å². The summed E-state index contributed by atoms with van der Waals surface area (Å²) in [4.78, 5) is 0. The number of halogens is 3. The Kier molecular flexibility index (Phi) is 4.50. The van der Waals surface area contributed by atoms with E-state index < -0.39 is 15.6 Å². The molecular formula is C22H15F3O3S. The third-order valence-corrected chi connectivity index (χ3v) is 5.61. The van der Waals surface area contributed by atoms with Crippen LogP contribution in [-0.4, -0.2) is 13.9 Å². The van der Waals surface area contributed by atoms with Crippen molar-refractivity contribution >= 4 is 31.7 Å². The van der Waals surface area contributed by atoms with Crippen LogP contribution in [0.2, 0.25) is 0 Å². The van der Waals surface area contributed by atoms with Crippen molar-refractivity contribution in [2.45, 2.75) is 12.4 Å². The van der Waals surface area contributed by atoms with Crippen LogP contribution >= 0.6 is 0 Å². The van der Waals surface area contributed by atoms with Crippen LogP contribution in [0.4, 0.5) is 13.2 Å². The molecule has 4 aromatic rings. The van der Waals surface area contributed by atoms with Crippen molar-refractivity contribution in [2.24, 2.45) is 0 Å². The molecule has 29 heavy (non-hydrogen) atoms. The Morgan fingerprint density at radius 2 is 1.17 bits per heavy atom. The van der Waals surface area contributed by atoms with Gasteiger partial charge in [-0.05, 0) is 63.9 Å². The summed E-state index contributed by atoms with van der Waals surface area (Å²) in [6, 6.07) is 21.8. The molecule has 3 nitrogen and oxygen atoms in total. The van der Waals surface area contributed by atoms with Crippen molar-refractivity contribution in [3.63, 3.8) is 0 Å². The molecule has 0 saturated heterocycles. The first-order valence-electron chi connectivity index (χ1n) is 8.68. The number of hydrogen-bond donors (Lipinski definition) is 0. The summed E-state index contributed by atoms with van der Waals surface area (Å²) in [5.41, 5.74) is -2.35. The fourth-order valence-corrected chi connectivity index (χ4v) is 3.63. The minimum absolute atomic E-state index is 0.386. The molecular weight excluding hydrogens is 401 g/mol. The van der Waals surface area contributed by atoms with Gasteiger partial charge < -0.3 is 4.18 Å². The molecule has 0 aliphatic heterocycles. The van der Waals surface area contributed by atoms with Gasteiger partial charge in [-0.15, -0.1) is 0 Å². The summed E-state index contributed by atoms with van der Waals surface area (Å²) in [7, 11) is -5.69. The van der Waals surface area contributed by atoms with E-state index >= 15 is 0 Å². The Hall–Kier alpha value is -3.06. The van der Waals surface area contributed by atoms with Crippen molar-refractivity contribution < 1.29 is 25.8 Å². The SMILES string of the molecule is Cc1ccc2cc(-c3ccc4cc(OS(=O)(=O)C(F)(F)F)ccc4c3)ccc2c1. The van der Waals surface area contributed by atoms with E-state index in [9.17, 15) is 21.6 Å². The average molecular weight is 416 g/mol. The van der Waals surface area contributed by atoms with Crippen LogP contribution in [0.15, 0.2) is 72.8 Å².